The molecule has 132 valence electrons. The van der Waals surface area contributed by atoms with Gasteiger partial charge in [0.25, 0.3) is 5.91 Å². The normalized spacial score (nSPS) is 12.0. The Morgan fingerprint density at radius 3 is 2.72 bits per heavy atom. The molecule has 0 bridgehead atoms. The second-order valence-electron chi connectivity index (χ2n) is 4.97. The Balaban J connectivity index is 1.97. The number of carbonyl (C=O) groups is 1. The van der Waals surface area contributed by atoms with Crippen molar-refractivity contribution in [2.24, 2.45) is 5.10 Å². The molecule has 0 fully saturated rings. The number of nitrogens with zero attached hydrogens (tertiary/aromatic N) is 1. The molecule has 1 atom stereocenters. The average molecular weight is 383 g/mol. The number of halogens is 2. The number of hydrogen-bond acceptors (Lipinski definition) is 5. The van der Waals surface area contributed by atoms with Crippen LogP contribution in [-0.4, -0.2) is 30.4 Å². The predicted molar refractivity (Wildman–Crippen MR) is 96.9 cm³/mol. The summed E-state index contributed by atoms with van der Waals surface area (Å²) in [5.74, 6) is 0.0948. The van der Waals surface area contributed by atoms with E-state index < -0.39 is 12.0 Å². The summed E-state index contributed by atoms with van der Waals surface area (Å²) in [6.07, 6.45) is 0.465. The number of benzene rings is 2. The summed E-state index contributed by atoms with van der Waals surface area (Å²) in [6, 6.07) is 9.63. The lowest BCUT2D eigenvalue weighted by atomic mass is 10.2. The molecule has 25 heavy (non-hydrogen) atoms. The summed E-state index contributed by atoms with van der Waals surface area (Å²) in [5.41, 5.74) is 2.73. The largest absolute Gasteiger partial charge is 0.504 e. The van der Waals surface area contributed by atoms with E-state index in [4.69, 9.17) is 32.7 Å². The van der Waals surface area contributed by atoms with Crippen molar-refractivity contribution >= 4 is 35.3 Å². The zero-order valence-electron chi connectivity index (χ0n) is 13.5. The Morgan fingerprint density at radius 2 is 2.04 bits per heavy atom. The van der Waals surface area contributed by atoms with Gasteiger partial charge in [-0.2, -0.15) is 5.10 Å². The fraction of sp³-hybridized carbons (Fsp3) is 0.176. The van der Waals surface area contributed by atoms with Gasteiger partial charge >= 0.3 is 0 Å². The molecule has 1 amide bonds. The molecule has 0 aromatic heterocycles. The van der Waals surface area contributed by atoms with Crippen LogP contribution in [0.25, 0.3) is 0 Å². The van der Waals surface area contributed by atoms with Crippen LogP contribution in [-0.2, 0) is 4.79 Å². The summed E-state index contributed by atoms with van der Waals surface area (Å²) in [5, 5.41) is 14.5. The predicted octanol–water partition coefficient (Wildman–Crippen LogP) is 3.63. The van der Waals surface area contributed by atoms with Crippen molar-refractivity contribution in [1.82, 2.24) is 5.43 Å². The Kier molecular flexibility index (Phi) is 6.50. The van der Waals surface area contributed by atoms with Gasteiger partial charge in [-0.25, -0.2) is 5.43 Å². The highest BCUT2D eigenvalue weighted by molar-refractivity contribution is 6.35. The number of rotatable bonds is 6. The standard InChI is InChI=1S/C17H16Cl2N2O4/c1-10(25-14-7-6-12(18)8-13(14)19)17(23)21-20-9-11-4-3-5-15(24-2)16(11)22/h3-10,22H,1-2H3,(H,21,23). The third-order valence-electron chi connectivity index (χ3n) is 3.20. The maximum absolute atomic E-state index is 12.0. The molecule has 0 saturated carbocycles. The SMILES string of the molecule is COc1cccc(C=NNC(=O)C(C)Oc2ccc(Cl)cc2Cl)c1O. The van der Waals surface area contributed by atoms with Crippen LogP contribution < -0.4 is 14.9 Å². The second-order valence-corrected chi connectivity index (χ2v) is 5.81. The fourth-order valence-electron chi connectivity index (χ4n) is 1.88. The highest BCUT2D eigenvalue weighted by Crippen LogP contribution is 2.29. The molecule has 2 rings (SSSR count). The lowest BCUT2D eigenvalue weighted by molar-refractivity contribution is -0.127. The van der Waals surface area contributed by atoms with Gasteiger partial charge in [-0.3, -0.25) is 4.79 Å². The van der Waals surface area contributed by atoms with Crippen LogP contribution >= 0.6 is 23.2 Å². The quantitative estimate of drug-likeness (QED) is 0.590. The van der Waals surface area contributed by atoms with Crippen molar-refractivity contribution in [3.8, 4) is 17.2 Å². The molecule has 0 saturated heterocycles. The first kappa shape index (κ1) is 18.9. The molecule has 0 aliphatic carbocycles. The number of methoxy groups -OCH3 is 1. The second kappa shape index (κ2) is 8.60. The van der Waals surface area contributed by atoms with E-state index >= 15 is 0 Å². The van der Waals surface area contributed by atoms with Crippen LogP contribution in [0.2, 0.25) is 10.0 Å². The van der Waals surface area contributed by atoms with Gasteiger partial charge in [0.2, 0.25) is 0 Å². The molecule has 2 N–H and O–H groups in total. The summed E-state index contributed by atoms with van der Waals surface area (Å²) in [4.78, 5) is 12.0. The smallest absolute Gasteiger partial charge is 0.280 e. The van der Waals surface area contributed by atoms with Crippen LogP contribution in [0.15, 0.2) is 41.5 Å². The van der Waals surface area contributed by atoms with Gasteiger partial charge in [0, 0.05) is 10.6 Å². The van der Waals surface area contributed by atoms with Crippen LogP contribution in [0, 0.1) is 0 Å². The highest BCUT2D eigenvalue weighted by atomic mass is 35.5. The van der Waals surface area contributed by atoms with E-state index in [0.717, 1.165) is 0 Å². The topological polar surface area (TPSA) is 80.2 Å². The summed E-state index contributed by atoms with van der Waals surface area (Å²) in [6.45, 7) is 1.55. The third kappa shape index (κ3) is 5.01. The van der Waals surface area contributed by atoms with E-state index in [-0.39, 0.29) is 5.75 Å². The molecule has 0 heterocycles. The van der Waals surface area contributed by atoms with Gasteiger partial charge in [-0.1, -0.05) is 29.3 Å². The number of phenols is 1. The Labute approximate surface area is 155 Å². The van der Waals surface area contributed by atoms with Crippen LogP contribution in [0.5, 0.6) is 17.2 Å². The molecule has 0 aliphatic rings. The zero-order chi connectivity index (χ0) is 18.4. The third-order valence-corrected chi connectivity index (χ3v) is 3.73. The summed E-state index contributed by atoms with van der Waals surface area (Å²) in [7, 11) is 1.44. The van der Waals surface area contributed by atoms with Crippen molar-refractivity contribution in [1.29, 1.82) is 0 Å². The number of phenolic OH excluding ortho intramolecular Hbond substituents is 1. The minimum atomic E-state index is -0.838. The molecular formula is C17H16Cl2N2O4. The Morgan fingerprint density at radius 1 is 1.28 bits per heavy atom. The highest BCUT2D eigenvalue weighted by Gasteiger charge is 2.16. The molecule has 0 spiro atoms. The number of amides is 1. The van der Waals surface area contributed by atoms with Gasteiger partial charge in [-0.05, 0) is 37.3 Å². The number of para-hydroxylation sites is 1. The van der Waals surface area contributed by atoms with Crippen LogP contribution in [0.1, 0.15) is 12.5 Å². The summed E-state index contributed by atoms with van der Waals surface area (Å²) >= 11 is 11.8. The van der Waals surface area contributed by atoms with Crippen LogP contribution in [0.4, 0.5) is 0 Å². The minimum Gasteiger partial charge on any atom is -0.504 e. The van der Waals surface area contributed by atoms with Crippen molar-refractivity contribution in [3.05, 3.63) is 52.0 Å². The molecule has 2 aromatic carbocycles. The molecule has 2 aromatic rings. The van der Waals surface area contributed by atoms with Gasteiger partial charge in [0.1, 0.15) is 5.75 Å². The number of hydrogen-bond donors (Lipinski definition) is 2. The molecule has 0 aliphatic heterocycles. The monoisotopic (exact) mass is 382 g/mol. The van der Waals surface area contributed by atoms with Crippen molar-refractivity contribution < 1.29 is 19.4 Å². The van der Waals surface area contributed by atoms with Gasteiger partial charge in [0.15, 0.2) is 17.6 Å². The van der Waals surface area contributed by atoms with Gasteiger partial charge in [-0.15, -0.1) is 0 Å². The van der Waals surface area contributed by atoms with Gasteiger partial charge in [0.05, 0.1) is 18.3 Å². The first-order chi connectivity index (χ1) is 11.9. The van der Waals surface area contributed by atoms with Gasteiger partial charge < -0.3 is 14.6 Å². The molecule has 8 heteroatoms. The van der Waals surface area contributed by atoms with E-state index in [1.54, 1.807) is 37.3 Å². The first-order valence-electron chi connectivity index (χ1n) is 7.23. The minimum absolute atomic E-state index is 0.0692. The maximum Gasteiger partial charge on any atom is 0.280 e. The lowest BCUT2D eigenvalue weighted by Crippen LogP contribution is -2.33. The van der Waals surface area contributed by atoms with Crippen molar-refractivity contribution in [2.75, 3.05) is 7.11 Å². The van der Waals surface area contributed by atoms with E-state index in [0.29, 0.717) is 27.1 Å². The number of ether oxygens (including phenoxy) is 2. The number of hydrazone groups is 1. The Bertz CT molecular complexity index is 796. The van der Waals surface area contributed by atoms with Crippen molar-refractivity contribution in [3.63, 3.8) is 0 Å². The number of carbonyl (C=O) groups excluding carboxylic acids is 1. The van der Waals surface area contributed by atoms with E-state index in [1.165, 1.54) is 19.4 Å². The van der Waals surface area contributed by atoms with E-state index in [9.17, 15) is 9.90 Å². The molecular weight excluding hydrogens is 367 g/mol. The number of aromatic hydroxyl groups is 1. The van der Waals surface area contributed by atoms with E-state index in [2.05, 4.69) is 10.5 Å². The molecule has 6 nitrogen and oxygen atoms in total. The zero-order valence-corrected chi connectivity index (χ0v) is 15.0. The van der Waals surface area contributed by atoms with E-state index in [1.807, 2.05) is 0 Å². The van der Waals surface area contributed by atoms with Crippen molar-refractivity contribution in [2.45, 2.75) is 13.0 Å². The first-order valence-corrected chi connectivity index (χ1v) is 7.98. The number of nitrogens with one attached hydrogen (secondary N) is 1. The summed E-state index contributed by atoms with van der Waals surface area (Å²) < 4.78 is 10.5. The Hall–Kier alpha value is -2.44. The maximum atomic E-state index is 12.0. The molecule has 0 radical (unpaired) electrons. The van der Waals surface area contributed by atoms with Crippen LogP contribution in [0.3, 0.4) is 0 Å². The average Bonchev–Trinajstić information content (AvgIpc) is 2.58. The molecule has 1 unspecified atom stereocenters. The fourth-order valence-corrected chi connectivity index (χ4v) is 2.33. The lowest BCUT2D eigenvalue weighted by Gasteiger charge is -2.14.